The summed E-state index contributed by atoms with van der Waals surface area (Å²) in [5.41, 5.74) is -0.395. The molecule has 2 aliphatic heterocycles. The Kier molecular flexibility index (Phi) is 4.98. The van der Waals surface area contributed by atoms with Gasteiger partial charge < -0.3 is 19.6 Å². The van der Waals surface area contributed by atoms with E-state index in [1.165, 1.54) is 0 Å². The zero-order chi connectivity index (χ0) is 17.2. The molecule has 1 atom stereocenters. The molecule has 2 fully saturated rings. The number of aromatic nitrogens is 2. The fourth-order valence-electron chi connectivity index (χ4n) is 3.18. The van der Waals surface area contributed by atoms with Crippen molar-refractivity contribution in [2.24, 2.45) is 0 Å². The summed E-state index contributed by atoms with van der Waals surface area (Å²) >= 11 is 0. The lowest BCUT2D eigenvalue weighted by molar-refractivity contribution is -0.0257. The van der Waals surface area contributed by atoms with Gasteiger partial charge in [-0.25, -0.2) is 9.97 Å². The highest BCUT2D eigenvalue weighted by atomic mass is 16.5. The maximum absolute atomic E-state index is 12.6. The summed E-state index contributed by atoms with van der Waals surface area (Å²) in [6.45, 7) is 4.54. The van der Waals surface area contributed by atoms with Crippen molar-refractivity contribution in [2.45, 2.75) is 12.0 Å². The first-order valence-electron chi connectivity index (χ1n) is 8.28. The van der Waals surface area contributed by atoms with Crippen LogP contribution < -0.4 is 4.90 Å². The molecule has 0 bridgehead atoms. The molecule has 1 unspecified atom stereocenters. The van der Waals surface area contributed by atoms with Gasteiger partial charge in [0.1, 0.15) is 0 Å². The number of nitrogens with zero attached hydrogens (tertiary/aromatic N) is 5. The van der Waals surface area contributed by atoms with Crippen LogP contribution in [0.15, 0.2) is 12.4 Å². The van der Waals surface area contributed by atoms with Crippen LogP contribution >= 0.6 is 0 Å². The molecule has 2 saturated heterocycles. The maximum Gasteiger partial charge on any atom is 0.257 e. The number of likely N-dealkylation sites (tertiary alicyclic amines) is 1. The summed E-state index contributed by atoms with van der Waals surface area (Å²) in [5.74, 6) is 0.440. The number of β-amino-alcohol motifs (C(OH)–C–C–N with tert-alkyl or cyclic N) is 1. The summed E-state index contributed by atoms with van der Waals surface area (Å²) < 4.78 is 5.34. The van der Waals surface area contributed by atoms with Gasteiger partial charge in [0.15, 0.2) is 0 Å². The van der Waals surface area contributed by atoms with E-state index in [0.29, 0.717) is 50.8 Å². The van der Waals surface area contributed by atoms with Crippen molar-refractivity contribution < 1.29 is 14.6 Å². The predicted molar refractivity (Wildman–Crippen MR) is 89.1 cm³/mol. The molecule has 8 nitrogen and oxygen atoms in total. The van der Waals surface area contributed by atoms with Crippen LogP contribution in [0.2, 0.25) is 0 Å². The van der Waals surface area contributed by atoms with E-state index in [9.17, 15) is 9.90 Å². The highest BCUT2D eigenvalue weighted by molar-refractivity contribution is 5.94. The molecule has 3 rings (SSSR count). The standard InChI is InChI=1S/C16H25N5O3/c1-19(2)15-17-9-13(10-18-15)14(22)21-4-3-16(23,12-21)11-20-5-7-24-8-6-20/h9-10,23H,3-8,11-12H2,1-2H3. The number of hydrogen-bond acceptors (Lipinski definition) is 7. The van der Waals surface area contributed by atoms with Crippen LogP contribution in [-0.4, -0.2) is 96.4 Å². The van der Waals surface area contributed by atoms with E-state index in [0.717, 1.165) is 13.1 Å². The first-order valence-corrected chi connectivity index (χ1v) is 8.28. The largest absolute Gasteiger partial charge is 0.387 e. The van der Waals surface area contributed by atoms with Gasteiger partial charge in [-0.15, -0.1) is 0 Å². The van der Waals surface area contributed by atoms with Crippen LogP contribution in [-0.2, 0) is 4.74 Å². The Morgan fingerprint density at radius 3 is 2.58 bits per heavy atom. The quantitative estimate of drug-likeness (QED) is 0.791. The zero-order valence-electron chi connectivity index (χ0n) is 14.3. The molecule has 24 heavy (non-hydrogen) atoms. The van der Waals surface area contributed by atoms with Gasteiger partial charge in [-0.2, -0.15) is 0 Å². The van der Waals surface area contributed by atoms with Crippen molar-refractivity contribution in [3.05, 3.63) is 18.0 Å². The van der Waals surface area contributed by atoms with Crippen molar-refractivity contribution in [1.82, 2.24) is 19.8 Å². The second-order valence-electron chi connectivity index (χ2n) is 6.76. The molecule has 0 saturated carbocycles. The number of anilines is 1. The number of ether oxygens (including phenoxy) is 1. The predicted octanol–water partition coefficient (Wildman–Crippen LogP) is -0.548. The maximum atomic E-state index is 12.6. The van der Waals surface area contributed by atoms with E-state index in [4.69, 9.17) is 4.74 Å². The van der Waals surface area contributed by atoms with Crippen molar-refractivity contribution in [3.63, 3.8) is 0 Å². The third-order valence-electron chi connectivity index (χ3n) is 4.53. The Morgan fingerprint density at radius 1 is 1.29 bits per heavy atom. The minimum absolute atomic E-state index is 0.127. The summed E-state index contributed by atoms with van der Waals surface area (Å²) in [6.07, 6.45) is 3.68. The lowest BCUT2D eigenvalue weighted by Gasteiger charge is -2.33. The van der Waals surface area contributed by atoms with Crippen molar-refractivity contribution in [1.29, 1.82) is 0 Å². The first kappa shape index (κ1) is 17.1. The lowest BCUT2D eigenvalue weighted by Crippen LogP contribution is -2.49. The monoisotopic (exact) mass is 335 g/mol. The fourth-order valence-corrected chi connectivity index (χ4v) is 3.18. The van der Waals surface area contributed by atoms with Crippen LogP contribution in [0.3, 0.4) is 0 Å². The summed E-state index contributed by atoms with van der Waals surface area (Å²) in [7, 11) is 3.70. The number of aliphatic hydroxyl groups is 1. The molecule has 0 spiro atoms. The second kappa shape index (κ2) is 7.00. The van der Waals surface area contributed by atoms with E-state index in [-0.39, 0.29) is 5.91 Å². The van der Waals surface area contributed by atoms with E-state index >= 15 is 0 Å². The van der Waals surface area contributed by atoms with Crippen LogP contribution in [0, 0.1) is 0 Å². The van der Waals surface area contributed by atoms with E-state index in [1.54, 1.807) is 22.2 Å². The molecule has 1 aromatic heterocycles. The van der Waals surface area contributed by atoms with Gasteiger partial charge in [0.05, 0.1) is 30.9 Å². The number of rotatable bonds is 4. The van der Waals surface area contributed by atoms with Crippen molar-refractivity contribution in [2.75, 3.05) is 64.9 Å². The zero-order valence-corrected chi connectivity index (χ0v) is 14.3. The SMILES string of the molecule is CN(C)c1ncc(C(=O)N2CCC(O)(CN3CCOCC3)C2)cn1. The molecular formula is C16H25N5O3. The number of carbonyl (C=O) groups excluding carboxylic acids is 1. The molecule has 2 aliphatic rings. The topological polar surface area (TPSA) is 82.0 Å². The van der Waals surface area contributed by atoms with Crippen molar-refractivity contribution in [3.8, 4) is 0 Å². The van der Waals surface area contributed by atoms with Crippen LogP contribution in [0.1, 0.15) is 16.8 Å². The molecule has 0 aromatic carbocycles. The van der Waals surface area contributed by atoms with E-state index in [2.05, 4.69) is 14.9 Å². The minimum Gasteiger partial charge on any atom is -0.387 e. The average molecular weight is 335 g/mol. The fraction of sp³-hybridized carbons (Fsp3) is 0.688. The number of hydrogen-bond donors (Lipinski definition) is 1. The van der Waals surface area contributed by atoms with Gasteiger partial charge in [-0.1, -0.05) is 0 Å². The highest BCUT2D eigenvalue weighted by Gasteiger charge is 2.40. The second-order valence-corrected chi connectivity index (χ2v) is 6.76. The van der Waals surface area contributed by atoms with Gasteiger partial charge in [-0.3, -0.25) is 9.69 Å². The molecule has 1 N–H and O–H groups in total. The van der Waals surface area contributed by atoms with Gasteiger partial charge >= 0.3 is 0 Å². The molecule has 1 aromatic rings. The Labute approximate surface area is 142 Å². The average Bonchev–Trinajstić information content (AvgIpc) is 2.97. The lowest BCUT2D eigenvalue weighted by atomic mass is 10.0. The number of carbonyl (C=O) groups is 1. The minimum atomic E-state index is -0.850. The van der Waals surface area contributed by atoms with Crippen molar-refractivity contribution >= 4 is 11.9 Å². The third-order valence-corrected chi connectivity index (χ3v) is 4.53. The normalized spacial score (nSPS) is 25.0. The van der Waals surface area contributed by atoms with Crippen LogP contribution in [0.5, 0.6) is 0 Å². The molecular weight excluding hydrogens is 310 g/mol. The van der Waals surface area contributed by atoms with Crippen LogP contribution in [0.25, 0.3) is 0 Å². The summed E-state index contributed by atoms with van der Waals surface area (Å²) in [5, 5.41) is 10.8. The van der Waals surface area contributed by atoms with Gasteiger partial charge in [-0.05, 0) is 6.42 Å². The van der Waals surface area contributed by atoms with E-state index in [1.807, 2.05) is 14.1 Å². The third kappa shape index (κ3) is 3.82. The van der Waals surface area contributed by atoms with Crippen LogP contribution in [0.4, 0.5) is 5.95 Å². The molecule has 3 heterocycles. The first-order chi connectivity index (χ1) is 11.5. The van der Waals surface area contributed by atoms with Gasteiger partial charge in [0, 0.05) is 52.7 Å². The highest BCUT2D eigenvalue weighted by Crippen LogP contribution is 2.24. The number of amides is 1. The molecule has 8 heteroatoms. The summed E-state index contributed by atoms with van der Waals surface area (Å²) in [4.78, 5) is 26.6. The smallest absolute Gasteiger partial charge is 0.257 e. The Bertz CT molecular complexity index is 574. The Morgan fingerprint density at radius 2 is 1.96 bits per heavy atom. The molecule has 0 radical (unpaired) electrons. The van der Waals surface area contributed by atoms with E-state index < -0.39 is 5.60 Å². The number of morpholine rings is 1. The molecule has 132 valence electrons. The molecule has 0 aliphatic carbocycles. The summed E-state index contributed by atoms with van der Waals surface area (Å²) in [6, 6.07) is 0. The Balaban J connectivity index is 1.60. The molecule has 1 amide bonds. The Hall–Kier alpha value is -1.77. The van der Waals surface area contributed by atoms with Gasteiger partial charge in [0.25, 0.3) is 5.91 Å². The van der Waals surface area contributed by atoms with Gasteiger partial charge in [0.2, 0.25) is 5.95 Å².